The van der Waals surface area contributed by atoms with Crippen molar-refractivity contribution < 1.29 is 8.42 Å². The molecule has 0 aliphatic rings. The summed E-state index contributed by atoms with van der Waals surface area (Å²) in [7, 11) is -3.67. The number of imidazole rings is 1. The molecule has 0 spiro atoms. The summed E-state index contributed by atoms with van der Waals surface area (Å²) in [5.41, 5.74) is 2.87. The average Bonchev–Trinajstić information content (AvgIpc) is 2.86. The van der Waals surface area contributed by atoms with Crippen molar-refractivity contribution in [2.45, 2.75) is 17.9 Å². The number of fused-ring (bicyclic) bond motifs is 1. The zero-order chi connectivity index (χ0) is 15.3. The van der Waals surface area contributed by atoms with E-state index in [1.807, 2.05) is 6.26 Å². The maximum Gasteiger partial charge on any atom is 0.260 e. The Hall–Kier alpha value is -1.29. The van der Waals surface area contributed by atoms with E-state index in [-0.39, 0.29) is 10.8 Å². The molecule has 0 fully saturated rings. The van der Waals surface area contributed by atoms with Crippen LogP contribution in [0, 0.1) is 0 Å². The number of anilines is 1. The minimum absolute atomic E-state index is 0.0328. The van der Waals surface area contributed by atoms with Gasteiger partial charge in [0, 0.05) is 12.7 Å². The molecule has 0 aromatic carbocycles. The molecule has 0 radical (unpaired) electrons. The minimum atomic E-state index is -3.67. The maximum absolute atomic E-state index is 12.4. The first-order chi connectivity index (χ1) is 10.1. The lowest BCUT2D eigenvalue weighted by atomic mass is 10.3. The number of nitrogens with two attached hydrogens (primary N) is 1. The van der Waals surface area contributed by atoms with Crippen molar-refractivity contribution in [3.05, 3.63) is 24.4 Å². The van der Waals surface area contributed by atoms with E-state index in [9.17, 15) is 8.42 Å². The minimum Gasteiger partial charge on any atom is -0.306 e. The fraction of sp³-hybridized carbons (Fsp3) is 0.417. The highest BCUT2D eigenvalue weighted by Gasteiger charge is 2.24. The van der Waals surface area contributed by atoms with Crippen LogP contribution in [0.1, 0.15) is 12.8 Å². The number of sulfonamides is 1. The summed E-state index contributed by atoms with van der Waals surface area (Å²) in [5, 5.41) is 0.0328. The highest BCUT2D eigenvalue weighted by molar-refractivity contribution is 7.98. The Labute approximate surface area is 128 Å². The monoisotopic (exact) mass is 329 g/mol. The fourth-order valence-electron chi connectivity index (χ4n) is 1.97. The maximum atomic E-state index is 12.4. The molecule has 21 heavy (non-hydrogen) atoms. The topological polar surface area (TPSA) is 102 Å². The van der Waals surface area contributed by atoms with Crippen molar-refractivity contribution in [1.82, 2.24) is 14.1 Å². The third kappa shape index (κ3) is 3.67. The molecule has 116 valence electrons. The van der Waals surface area contributed by atoms with Gasteiger partial charge in [0.2, 0.25) is 0 Å². The van der Waals surface area contributed by atoms with Gasteiger partial charge in [-0.05, 0) is 37.0 Å². The fourth-order valence-corrected chi connectivity index (χ4v) is 3.79. The van der Waals surface area contributed by atoms with Gasteiger partial charge in [-0.3, -0.25) is 4.40 Å². The van der Waals surface area contributed by atoms with E-state index < -0.39 is 10.0 Å². The molecule has 0 aliphatic carbocycles. The van der Waals surface area contributed by atoms with E-state index >= 15 is 0 Å². The summed E-state index contributed by atoms with van der Waals surface area (Å²) >= 11 is 1.75. The lowest BCUT2D eigenvalue weighted by molar-refractivity contribution is 0.574. The molecule has 2 rings (SSSR count). The molecule has 0 amide bonds. The van der Waals surface area contributed by atoms with Gasteiger partial charge in [0.1, 0.15) is 5.65 Å². The Morgan fingerprint density at radius 1 is 1.38 bits per heavy atom. The SMILES string of the molecule is CSCCCCNS(=O)(=O)c1c(NN)nc2ccccn12. The van der Waals surface area contributed by atoms with Crippen molar-refractivity contribution in [2.24, 2.45) is 5.84 Å². The van der Waals surface area contributed by atoms with Crippen LogP contribution in [0.25, 0.3) is 5.65 Å². The highest BCUT2D eigenvalue weighted by Crippen LogP contribution is 2.21. The van der Waals surface area contributed by atoms with E-state index in [0.29, 0.717) is 12.2 Å². The van der Waals surface area contributed by atoms with E-state index in [1.54, 1.807) is 36.2 Å². The van der Waals surface area contributed by atoms with E-state index in [4.69, 9.17) is 5.84 Å². The largest absolute Gasteiger partial charge is 0.306 e. The number of hydrazine groups is 1. The van der Waals surface area contributed by atoms with Crippen LogP contribution in [0.15, 0.2) is 29.4 Å². The van der Waals surface area contributed by atoms with Gasteiger partial charge < -0.3 is 5.43 Å². The number of unbranched alkanes of at least 4 members (excludes halogenated alkanes) is 1. The Morgan fingerprint density at radius 3 is 2.90 bits per heavy atom. The number of nitrogens with zero attached hydrogens (tertiary/aromatic N) is 2. The zero-order valence-corrected chi connectivity index (χ0v) is 13.4. The van der Waals surface area contributed by atoms with Crippen LogP contribution in [0.2, 0.25) is 0 Å². The Balaban J connectivity index is 2.23. The molecule has 7 nitrogen and oxygen atoms in total. The number of aromatic nitrogens is 2. The van der Waals surface area contributed by atoms with Gasteiger partial charge in [-0.2, -0.15) is 11.8 Å². The first kappa shape index (κ1) is 16.1. The number of thioether (sulfide) groups is 1. The summed E-state index contributed by atoms with van der Waals surface area (Å²) in [6, 6.07) is 5.25. The number of pyridine rings is 1. The molecule has 0 saturated heterocycles. The van der Waals surface area contributed by atoms with Crippen LogP contribution in [-0.2, 0) is 10.0 Å². The van der Waals surface area contributed by atoms with Gasteiger partial charge in [0.05, 0.1) is 0 Å². The predicted octanol–water partition coefficient (Wildman–Crippen LogP) is 1.04. The van der Waals surface area contributed by atoms with Crippen molar-refractivity contribution in [3.8, 4) is 0 Å². The van der Waals surface area contributed by atoms with Gasteiger partial charge in [0.15, 0.2) is 10.8 Å². The molecule has 4 N–H and O–H groups in total. The summed E-state index contributed by atoms with van der Waals surface area (Å²) in [6.07, 6.45) is 5.44. The second kappa shape index (κ2) is 7.12. The normalized spacial score (nSPS) is 11.9. The molecular formula is C12H19N5O2S2. The van der Waals surface area contributed by atoms with Crippen LogP contribution in [0.5, 0.6) is 0 Å². The molecule has 0 aliphatic heterocycles. The molecule has 0 unspecified atom stereocenters. The summed E-state index contributed by atoms with van der Waals surface area (Å²) in [6.45, 7) is 0.396. The first-order valence-electron chi connectivity index (χ1n) is 6.52. The third-order valence-corrected chi connectivity index (χ3v) is 5.12. The van der Waals surface area contributed by atoms with Gasteiger partial charge >= 0.3 is 0 Å². The molecule has 2 aromatic heterocycles. The number of hydrogen-bond acceptors (Lipinski definition) is 6. The van der Waals surface area contributed by atoms with Crippen molar-refractivity contribution in [1.29, 1.82) is 0 Å². The Morgan fingerprint density at radius 2 is 2.19 bits per heavy atom. The molecule has 0 saturated carbocycles. The van der Waals surface area contributed by atoms with Crippen LogP contribution in [-0.4, -0.2) is 36.4 Å². The van der Waals surface area contributed by atoms with Crippen LogP contribution in [0.4, 0.5) is 5.82 Å². The lowest BCUT2D eigenvalue weighted by Crippen LogP contribution is -2.27. The van der Waals surface area contributed by atoms with E-state index in [1.165, 1.54) is 4.40 Å². The molecule has 0 atom stereocenters. The van der Waals surface area contributed by atoms with Crippen molar-refractivity contribution in [2.75, 3.05) is 24.0 Å². The molecule has 9 heteroatoms. The molecular weight excluding hydrogens is 310 g/mol. The standard InChI is InChI=1S/C12H19N5O2S2/c1-20-9-5-3-7-14-21(18,19)12-11(16-13)15-10-6-2-4-8-17(10)12/h2,4,6,8,14,16H,3,5,7,9,13H2,1H3. The van der Waals surface area contributed by atoms with Crippen LogP contribution >= 0.6 is 11.8 Å². The van der Waals surface area contributed by atoms with Crippen molar-refractivity contribution in [3.63, 3.8) is 0 Å². The van der Waals surface area contributed by atoms with Crippen LogP contribution < -0.4 is 16.0 Å². The van der Waals surface area contributed by atoms with Gasteiger partial charge in [-0.1, -0.05) is 6.07 Å². The highest BCUT2D eigenvalue weighted by atomic mass is 32.2. The Kier molecular flexibility index (Phi) is 5.45. The predicted molar refractivity (Wildman–Crippen MR) is 85.8 cm³/mol. The average molecular weight is 329 g/mol. The lowest BCUT2D eigenvalue weighted by Gasteiger charge is -2.08. The summed E-state index contributed by atoms with van der Waals surface area (Å²) in [5.74, 6) is 6.54. The van der Waals surface area contributed by atoms with E-state index in [2.05, 4.69) is 15.1 Å². The number of nitrogen functional groups attached to an aromatic ring is 1. The number of rotatable bonds is 8. The first-order valence-corrected chi connectivity index (χ1v) is 9.40. The van der Waals surface area contributed by atoms with Crippen LogP contribution in [0.3, 0.4) is 0 Å². The summed E-state index contributed by atoms with van der Waals surface area (Å²) in [4.78, 5) is 4.16. The quantitative estimate of drug-likeness (QED) is 0.380. The summed E-state index contributed by atoms with van der Waals surface area (Å²) < 4.78 is 29.0. The second-order valence-corrected chi connectivity index (χ2v) is 7.10. The Bertz CT molecular complexity index is 699. The van der Waals surface area contributed by atoms with Gasteiger partial charge in [-0.25, -0.2) is 24.0 Å². The number of hydrogen-bond donors (Lipinski definition) is 3. The van der Waals surface area contributed by atoms with Gasteiger partial charge in [0.25, 0.3) is 10.0 Å². The second-order valence-electron chi connectivity index (χ2n) is 4.44. The van der Waals surface area contributed by atoms with Crippen molar-refractivity contribution >= 4 is 33.3 Å². The van der Waals surface area contributed by atoms with Gasteiger partial charge in [-0.15, -0.1) is 0 Å². The number of nitrogens with one attached hydrogen (secondary N) is 2. The molecule has 2 heterocycles. The van der Waals surface area contributed by atoms with E-state index in [0.717, 1.165) is 18.6 Å². The zero-order valence-electron chi connectivity index (χ0n) is 11.7. The smallest absolute Gasteiger partial charge is 0.260 e. The molecule has 2 aromatic rings. The molecule has 0 bridgehead atoms. The third-order valence-electron chi connectivity index (χ3n) is 2.94.